The van der Waals surface area contributed by atoms with E-state index in [1.165, 1.54) is 18.5 Å². The van der Waals surface area contributed by atoms with E-state index >= 15 is 0 Å². The molecule has 0 unspecified atom stereocenters. The number of nitrogens with one attached hydrogen (secondary N) is 1. The van der Waals surface area contributed by atoms with Crippen LogP contribution < -0.4 is 39.6 Å². The summed E-state index contributed by atoms with van der Waals surface area (Å²) in [6, 6.07) is 10.9. The molecule has 0 bridgehead atoms. The Morgan fingerprint density at radius 3 is 2.70 bits per heavy atom. The second-order valence-corrected chi connectivity index (χ2v) is 9.56. The number of aromatic nitrogens is 3. The first-order valence-corrected chi connectivity index (χ1v) is 11.6. The van der Waals surface area contributed by atoms with Crippen molar-refractivity contribution in [2.75, 3.05) is 11.6 Å². The van der Waals surface area contributed by atoms with Gasteiger partial charge in [-0.05, 0) is 42.3 Å². The van der Waals surface area contributed by atoms with Crippen LogP contribution in [-0.2, 0) is 9.84 Å². The molecule has 10 heteroatoms. The molecule has 5 aromatic rings. The minimum atomic E-state index is -3.52. The normalized spacial score (nSPS) is 11.5. The second kappa shape index (κ2) is 8.75. The van der Waals surface area contributed by atoms with Gasteiger partial charge in [0.25, 0.3) is 0 Å². The first-order chi connectivity index (χ1) is 15.3. The molecule has 0 aliphatic rings. The molecule has 2 N–H and O–H groups in total. The summed E-state index contributed by atoms with van der Waals surface area (Å²) in [6.45, 7) is 1.98. The largest absolute Gasteiger partial charge is 1.00 e. The average Bonchev–Trinajstić information content (AvgIpc) is 3.12. The van der Waals surface area contributed by atoms with Crippen LogP contribution in [0, 0.1) is 6.92 Å². The summed E-state index contributed by atoms with van der Waals surface area (Å²) in [4.78, 5) is 9.02. The predicted molar refractivity (Wildman–Crippen MR) is 121 cm³/mol. The third-order valence-electron chi connectivity index (χ3n) is 5.24. The van der Waals surface area contributed by atoms with Gasteiger partial charge in [0, 0.05) is 46.1 Å². The molecule has 2 aromatic carbocycles. The molecule has 5 rings (SSSR count). The maximum Gasteiger partial charge on any atom is 1.00 e. The molecule has 0 amide bonds. The van der Waals surface area contributed by atoms with Crippen molar-refractivity contribution < 1.29 is 53.8 Å². The fourth-order valence-corrected chi connectivity index (χ4v) is 4.55. The molecule has 162 valence electrons. The molecule has 0 saturated carbocycles. The van der Waals surface area contributed by atoms with Crippen LogP contribution >= 0.6 is 0 Å². The first kappa shape index (κ1) is 23.2. The van der Waals surface area contributed by atoms with Crippen molar-refractivity contribution in [2.24, 2.45) is 0 Å². The van der Waals surface area contributed by atoms with Gasteiger partial charge in [-0.25, -0.2) is 8.42 Å². The van der Waals surface area contributed by atoms with Crippen LogP contribution in [0.4, 0.5) is 11.4 Å². The Bertz CT molecular complexity index is 1620. The topological polar surface area (TPSA) is 109 Å². The van der Waals surface area contributed by atoms with Crippen molar-refractivity contribution in [3.63, 3.8) is 0 Å². The minimum Gasteiger partial charge on any atom is -1.00 e. The number of nitrogens with zero attached hydrogens (tertiary/aromatic N) is 3. The van der Waals surface area contributed by atoms with Crippen LogP contribution in [0.3, 0.4) is 0 Å². The van der Waals surface area contributed by atoms with Crippen LogP contribution in [0.15, 0.2) is 76.8 Å². The Morgan fingerprint density at radius 1 is 1.12 bits per heavy atom. The van der Waals surface area contributed by atoms with Crippen LogP contribution in [0.2, 0.25) is 0 Å². The summed E-state index contributed by atoms with van der Waals surface area (Å²) in [6.07, 6.45) is 8.64. The Balaban J connectivity index is 0.00000162. The standard InChI is InChI=1S/C23H19N4O4S.Na.H/c1-14-13-31-21-4-3-15(9-17(14)21)18-10-16(11-19-23(18)25-7-6-24-19)26-20-12-27(28)8-5-22(20)32(2,29)30;;/h3-13,26,28H,1-2H3;;/q2*+1;-1. The van der Waals surface area contributed by atoms with Crippen molar-refractivity contribution in [1.82, 2.24) is 9.97 Å². The zero-order valence-electron chi connectivity index (χ0n) is 19.3. The molecule has 0 spiro atoms. The maximum absolute atomic E-state index is 12.2. The van der Waals surface area contributed by atoms with Crippen LogP contribution in [0.25, 0.3) is 33.1 Å². The van der Waals surface area contributed by atoms with Gasteiger partial charge in [-0.1, -0.05) is 6.07 Å². The molecular formula is C23H20N4NaO4S+. The Morgan fingerprint density at radius 2 is 1.91 bits per heavy atom. The van der Waals surface area contributed by atoms with Gasteiger partial charge in [0.2, 0.25) is 12.4 Å². The molecule has 3 heterocycles. The van der Waals surface area contributed by atoms with Gasteiger partial charge < -0.3 is 11.2 Å². The number of furan rings is 1. The number of hydrogen-bond acceptors (Lipinski definition) is 7. The van der Waals surface area contributed by atoms with Crippen molar-refractivity contribution >= 4 is 43.2 Å². The Kier molecular flexibility index (Phi) is 6.15. The number of benzene rings is 2. The molecule has 0 atom stereocenters. The van der Waals surface area contributed by atoms with Crippen molar-refractivity contribution in [2.45, 2.75) is 11.8 Å². The average molecular weight is 471 g/mol. The summed E-state index contributed by atoms with van der Waals surface area (Å²) < 4.78 is 30.8. The van der Waals surface area contributed by atoms with Crippen molar-refractivity contribution in [3.05, 3.63) is 73.0 Å². The van der Waals surface area contributed by atoms with Gasteiger partial charge in [0.05, 0.1) is 17.3 Å². The Labute approximate surface area is 213 Å². The fourth-order valence-electron chi connectivity index (χ4n) is 3.74. The van der Waals surface area contributed by atoms with E-state index in [9.17, 15) is 13.6 Å². The molecule has 3 aromatic heterocycles. The number of rotatable bonds is 4. The second-order valence-electron chi connectivity index (χ2n) is 7.58. The number of aryl methyl sites for hydroxylation is 1. The SMILES string of the molecule is Cc1coc2ccc(-c3cc(Nc4c[n+](O)ccc4S(C)(=O)=O)cc4nccnc34)cc12.[H-].[Na+]. The van der Waals surface area contributed by atoms with E-state index in [0.717, 1.165) is 38.6 Å². The molecule has 0 aliphatic heterocycles. The van der Waals surface area contributed by atoms with Crippen LogP contribution in [0.5, 0.6) is 0 Å². The molecule has 0 saturated heterocycles. The zero-order valence-corrected chi connectivity index (χ0v) is 21.1. The van der Waals surface area contributed by atoms with E-state index in [2.05, 4.69) is 15.3 Å². The van der Waals surface area contributed by atoms with Gasteiger partial charge in [0.15, 0.2) is 9.84 Å². The van der Waals surface area contributed by atoms with Gasteiger partial charge >= 0.3 is 29.6 Å². The van der Waals surface area contributed by atoms with E-state index in [4.69, 9.17) is 4.42 Å². The first-order valence-electron chi connectivity index (χ1n) is 9.74. The maximum atomic E-state index is 12.2. The zero-order chi connectivity index (χ0) is 22.5. The summed E-state index contributed by atoms with van der Waals surface area (Å²) in [5.74, 6) is 0. The molecular weight excluding hydrogens is 451 g/mol. The number of pyridine rings is 1. The number of hydrogen-bond donors (Lipinski definition) is 2. The van der Waals surface area contributed by atoms with E-state index < -0.39 is 9.84 Å². The van der Waals surface area contributed by atoms with Gasteiger partial charge in [-0.3, -0.25) is 15.2 Å². The summed E-state index contributed by atoms with van der Waals surface area (Å²) in [5.41, 5.74) is 5.78. The third kappa shape index (κ3) is 4.45. The van der Waals surface area contributed by atoms with Crippen molar-refractivity contribution in [3.8, 4) is 11.1 Å². The monoisotopic (exact) mass is 471 g/mol. The molecule has 0 aliphatic carbocycles. The van der Waals surface area contributed by atoms with Gasteiger partial charge in [-0.2, -0.15) is 0 Å². The fraction of sp³-hybridized carbons (Fsp3) is 0.0870. The smallest absolute Gasteiger partial charge is 1.00 e. The number of sulfone groups is 1. The quantitative estimate of drug-likeness (QED) is 0.230. The van der Waals surface area contributed by atoms with E-state index in [0.29, 0.717) is 16.7 Å². The van der Waals surface area contributed by atoms with E-state index in [1.807, 2.05) is 31.2 Å². The van der Waals surface area contributed by atoms with Crippen molar-refractivity contribution in [1.29, 1.82) is 0 Å². The summed E-state index contributed by atoms with van der Waals surface area (Å²) in [7, 11) is -3.52. The molecule has 0 fully saturated rings. The molecule has 0 radical (unpaired) electrons. The third-order valence-corrected chi connectivity index (χ3v) is 6.39. The van der Waals surface area contributed by atoms with Gasteiger partial charge in [0.1, 0.15) is 16.2 Å². The predicted octanol–water partition coefficient (Wildman–Crippen LogP) is 1.14. The molecule has 33 heavy (non-hydrogen) atoms. The minimum absolute atomic E-state index is 0. The molecule has 8 nitrogen and oxygen atoms in total. The van der Waals surface area contributed by atoms with E-state index in [-0.39, 0.29) is 41.6 Å². The number of anilines is 2. The summed E-state index contributed by atoms with van der Waals surface area (Å²) >= 11 is 0. The van der Waals surface area contributed by atoms with E-state index in [1.54, 1.807) is 24.7 Å². The summed E-state index contributed by atoms with van der Waals surface area (Å²) in [5, 5.41) is 14.0. The van der Waals surface area contributed by atoms with Gasteiger partial charge in [-0.15, -0.1) is 0 Å². The number of fused-ring (bicyclic) bond motifs is 2. The van der Waals surface area contributed by atoms with Crippen LogP contribution in [-0.4, -0.2) is 29.8 Å². The van der Waals surface area contributed by atoms with Crippen LogP contribution in [0.1, 0.15) is 6.99 Å². The Hall–Kier alpha value is -2.98.